The van der Waals surface area contributed by atoms with Crippen molar-refractivity contribution in [3.8, 4) is 17.2 Å². The maximum absolute atomic E-state index is 5.60. The first-order valence-electron chi connectivity index (χ1n) is 7.40. The summed E-state index contributed by atoms with van der Waals surface area (Å²) in [6.07, 6.45) is 0. The van der Waals surface area contributed by atoms with Crippen LogP contribution < -0.4 is 19.5 Å². The summed E-state index contributed by atoms with van der Waals surface area (Å²) >= 11 is 0. The fourth-order valence-electron chi connectivity index (χ4n) is 2.29. The maximum Gasteiger partial charge on any atom is 0.161 e. The average Bonchev–Trinajstić information content (AvgIpc) is 2.56. The highest BCUT2D eigenvalue weighted by molar-refractivity contribution is 5.43. The van der Waals surface area contributed by atoms with Gasteiger partial charge in [-0.3, -0.25) is 0 Å². The smallest absolute Gasteiger partial charge is 0.161 e. The molecule has 2 aromatic carbocycles. The number of hydrogen-bond acceptors (Lipinski definition) is 4. The molecule has 0 radical (unpaired) electrons. The topological polar surface area (TPSA) is 39.7 Å². The second-order valence-corrected chi connectivity index (χ2v) is 4.83. The summed E-state index contributed by atoms with van der Waals surface area (Å²) in [6, 6.07) is 14.0. The van der Waals surface area contributed by atoms with Crippen LogP contribution in [0.1, 0.15) is 18.1 Å². The summed E-state index contributed by atoms with van der Waals surface area (Å²) in [5.41, 5.74) is 2.29. The van der Waals surface area contributed by atoms with Crippen LogP contribution in [0.4, 0.5) is 0 Å². The van der Waals surface area contributed by atoms with Crippen molar-refractivity contribution >= 4 is 0 Å². The molecule has 0 aliphatic rings. The molecule has 4 nitrogen and oxygen atoms in total. The molecule has 4 heteroatoms. The minimum atomic E-state index is 0.620. The highest BCUT2D eigenvalue weighted by Gasteiger charge is 2.06. The number of hydrogen-bond donors (Lipinski definition) is 1. The van der Waals surface area contributed by atoms with Crippen LogP contribution in [0.15, 0.2) is 42.5 Å². The van der Waals surface area contributed by atoms with Gasteiger partial charge in [0.25, 0.3) is 0 Å². The van der Waals surface area contributed by atoms with Gasteiger partial charge in [-0.1, -0.05) is 24.3 Å². The van der Waals surface area contributed by atoms with Crippen molar-refractivity contribution in [3.05, 3.63) is 53.6 Å². The molecule has 0 bridgehead atoms. The van der Waals surface area contributed by atoms with Crippen LogP contribution in [0.5, 0.6) is 17.2 Å². The molecule has 0 atom stereocenters. The normalized spacial score (nSPS) is 10.3. The molecule has 0 aliphatic carbocycles. The predicted molar refractivity (Wildman–Crippen MR) is 87.7 cm³/mol. The Morgan fingerprint density at radius 1 is 0.864 bits per heavy atom. The predicted octanol–water partition coefficient (Wildman–Crippen LogP) is 3.39. The first kappa shape index (κ1) is 16.2. The number of nitrogens with one attached hydrogen (secondary N) is 1. The SMILES string of the molecule is CCOc1cc(CNCc2ccccc2OC)ccc1OC. The van der Waals surface area contributed by atoms with Crippen molar-refractivity contribution in [1.29, 1.82) is 0 Å². The van der Waals surface area contributed by atoms with E-state index in [9.17, 15) is 0 Å². The zero-order chi connectivity index (χ0) is 15.8. The summed E-state index contributed by atoms with van der Waals surface area (Å²) in [4.78, 5) is 0. The van der Waals surface area contributed by atoms with Gasteiger partial charge in [-0.05, 0) is 30.7 Å². The highest BCUT2D eigenvalue weighted by atomic mass is 16.5. The van der Waals surface area contributed by atoms with Gasteiger partial charge >= 0.3 is 0 Å². The van der Waals surface area contributed by atoms with Crippen molar-refractivity contribution in [2.45, 2.75) is 20.0 Å². The van der Waals surface area contributed by atoms with Gasteiger partial charge in [0.05, 0.1) is 20.8 Å². The Bertz CT molecular complexity index is 599. The van der Waals surface area contributed by atoms with Crippen molar-refractivity contribution in [1.82, 2.24) is 5.32 Å². The molecule has 0 spiro atoms. The van der Waals surface area contributed by atoms with E-state index >= 15 is 0 Å². The van der Waals surface area contributed by atoms with E-state index < -0.39 is 0 Å². The summed E-state index contributed by atoms with van der Waals surface area (Å²) in [7, 11) is 3.34. The van der Waals surface area contributed by atoms with Crippen molar-refractivity contribution in [2.24, 2.45) is 0 Å². The Hall–Kier alpha value is -2.20. The maximum atomic E-state index is 5.60. The molecule has 0 amide bonds. The van der Waals surface area contributed by atoms with Gasteiger partial charge in [-0.2, -0.15) is 0 Å². The molecular formula is C18H23NO3. The van der Waals surface area contributed by atoms with Gasteiger partial charge < -0.3 is 19.5 Å². The molecule has 0 saturated heterocycles. The standard InChI is InChI=1S/C18H23NO3/c1-4-22-18-11-14(9-10-17(18)21-3)12-19-13-15-7-5-6-8-16(15)20-2/h5-11,19H,4,12-13H2,1-3H3. The molecule has 0 unspecified atom stereocenters. The highest BCUT2D eigenvalue weighted by Crippen LogP contribution is 2.28. The second kappa shape index (κ2) is 8.29. The Balaban J connectivity index is 1.98. The molecule has 0 saturated carbocycles. The molecular weight excluding hydrogens is 278 g/mol. The Morgan fingerprint density at radius 2 is 1.64 bits per heavy atom. The van der Waals surface area contributed by atoms with Crippen LogP contribution in [-0.4, -0.2) is 20.8 Å². The third-order valence-corrected chi connectivity index (χ3v) is 3.36. The zero-order valence-corrected chi connectivity index (χ0v) is 13.4. The van der Waals surface area contributed by atoms with Crippen LogP contribution in [-0.2, 0) is 13.1 Å². The number of para-hydroxylation sites is 1. The lowest BCUT2D eigenvalue weighted by atomic mass is 10.1. The quantitative estimate of drug-likeness (QED) is 0.811. The van der Waals surface area contributed by atoms with E-state index in [4.69, 9.17) is 14.2 Å². The molecule has 22 heavy (non-hydrogen) atoms. The second-order valence-electron chi connectivity index (χ2n) is 4.83. The molecule has 2 aromatic rings. The van der Waals surface area contributed by atoms with Crippen LogP contribution in [0, 0.1) is 0 Å². The molecule has 0 heterocycles. The Morgan fingerprint density at radius 3 is 2.36 bits per heavy atom. The Kier molecular flexibility index (Phi) is 6.10. The third-order valence-electron chi connectivity index (χ3n) is 3.36. The van der Waals surface area contributed by atoms with Gasteiger partial charge in [0.2, 0.25) is 0 Å². The minimum Gasteiger partial charge on any atom is -0.496 e. The lowest BCUT2D eigenvalue weighted by molar-refractivity contribution is 0.310. The number of ether oxygens (including phenoxy) is 3. The summed E-state index contributed by atoms with van der Waals surface area (Å²) in [6.45, 7) is 4.09. The molecule has 2 rings (SSSR count). The van der Waals surface area contributed by atoms with E-state index in [1.807, 2.05) is 43.3 Å². The zero-order valence-electron chi connectivity index (χ0n) is 13.4. The van der Waals surface area contributed by atoms with Gasteiger partial charge in [0.1, 0.15) is 5.75 Å². The summed E-state index contributed by atoms with van der Waals surface area (Å²) < 4.78 is 16.2. The van der Waals surface area contributed by atoms with E-state index in [2.05, 4.69) is 11.4 Å². The van der Waals surface area contributed by atoms with Gasteiger partial charge in [-0.25, -0.2) is 0 Å². The third kappa shape index (κ3) is 4.15. The first-order valence-corrected chi connectivity index (χ1v) is 7.40. The fraction of sp³-hybridized carbons (Fsp3) is 0.333. The van der Waals surface area contributed by atoms with Crippen molar-refractivity contribution in [3.63, 3.8) is 0 Å². The lowest BCUT2D eigenvalue weighted by Crippen LogP contribution is -2.13. The average molecular weight is 301 g/mol. The van der Waals surface area contributed by atoms with Gasteiger partial charge in [0, 0.05) is 18.7 Å². The van der Waals surface area contributed by atoms with Crippen molar-refractivity contribution in [2.75, 3.05) is 20.8 Å². The molecule has 0 aliphatic heterocycles. The lowest BCUT2D eigenvalue weighted by Gasteiger charge is -2.12. The molecule has 0 fully saturated rings. The number of methoxy groups -OCH3 is 2. The molecule has 118 valence electrons. The van der Waals surface area contributed by atoms with Crippen LogP contribution in [0.2, 0.25) is 0 Å². The van der Waals surface area contributed by atoms with Gasteiger partial charge in [-0.15, -0.1) is 0 Å². The fourth-order valence-corrected chi connectivity index (χ4v) is 2.29. The largest absolute Gasteiger partial charge is 0.496 e. The van der Waals surface area contributed by atoms with E-state index in [-0.39, 0.29) is 0 Å². The van der Waals surface area contributed by atoms with Crippen LogP contribution in [0.3, 0.4) is 0 Å². The number of benzene rings is 2. The molecule has 0 aromatic heterocycles. The van der Waals surface area contributed by atoms with E-state index in [1.165, 1.54) is 0 Å². The summed E-state index contributed by atoms with van der Waals surface area (Å²) in [5.74, 6) is 2.44. The van der Waals surface area contributed by atoms with Crippen molar-refractivity contribution < 1.29 is 14.2 Å². The van der Waals surface area contributed by atoms with E-state index in [0.717, 1.165) is 41.5 Å². The minimum absolute atomic E-state index is 0.620. The Labute approximate surface area is 132 Å². The monoisotopic (exact) mass is 301 g/mol. The van der Waals surface area contributed by atoms with Crippen LogP contribution in [0.25, 0.3) is 0 Å². The molecule has 1 N–H and O–H groups in total. The van der Waals surface area contributed by atoms with E-state index in [1.54, 1.807) is 14.2 Å². The summed E-state index contributed by atoms with van der Waals surface area (Å²) in [5, 5.41) is 3.42. The van der Waals surface area contributed by atoms with Gasteiger partial charge in [0.15, 0.2) is 11.5 Å². The first-order chi connectivity index (χ1) is 10.8. The van der Waals surface area contributed by atoms with E-state index in [0.29, 0.717) is 6.61 Å². The number of rotatable bonds is 8. The van der Waals surface area contributed by atoms with Crippen LogP contribution >= 0.6 is 0 Å².